The van der Waals surface area contributed by atoms with Crippen molar-refractivity contribution in [3.05, 3.63) is 28.4 Å². The molecule has 1 atom stereocenters. The molecule has 0 aromatic carbocycles. The van der Waals surface area contributed by atoms with Gasteiger partial charge in [0.15, 0.2) is 0 Å². The van der Waals surface area contributed by atoms with E-state index < -0.39 is 0 Å². The van der Waals surface area contributed by atoms with Crippen molar-refractivity contribution in [2.75, 3.05) is 31.6 Å². The van der Waals surface area contributed by atoms with Crippen molar-refractivity contribution in [2.24, 2.45) is 0 Å². The molecule has 1 saturated heterocycles. The molecule has 1 aliphatic rings. The van der Waals surface area contributed by atoms with Crippen molar-refractivity contribution >= 4 is 11.5 Å². The van der Waals surface area contributed by atoms with Gasteiger partial charge in [0, 0.05) is 31.9 Å². The highest BCUT2D eigenvalue weighted by molar-refractivity contribution is 5.56. The van der Waals surface area contributed by atoms with Crippen LogP contribution in [0.5, 0.6) is 0 Å². The minimum Gasteiger partial charge on any atom is -0.352 e. The smallest absolute Gasteiger partial charge is 0.311 e. The molecule has 2 rings (SSSR count). The summed E-state index contributed by atoms with van der Waals surface area (Å²) in [5, 5.41) is 11.0. The first-order valence-corrected chi connectivity index (χ1v) is 6.68. The fraction of sp³-hybridized carbons (Fsp3) is 0.615. The van der Waals surface area contributed by atoms with Gasteiger partial charge in [0.1, 0.15) is 0 Å². The van der Waals surface area contributed by atoms with Gasteiger partial charge >= 0.3 is 5.69 Å². The van der Waals surface area contributed by atoms with Crippen LogP contribution in [0.3, 0.4) is 0 Å². The number of pyridine rings is 1. The fourth-order valence-corrected chi connectivity index (χ4v) is 2.75. The molecule has 1 aromatic heterocycles. The van der Waals surface area contributed by atoms with E-state index in [2.05, 4.69) is 16.8 Å². The Kier molecular flexibility index (Phi) is 4.31. The number of likely N-dealkylation sites (N-methyl/N-ethyl adjacent to an activating group) is 2. The van der Waals surface area contributed by atoms with Crippen molar-refractivity contribution in [3.63, 3.8) is 0 Å². The molecule has 6 nitrogen and oxygen atoms in total. The van der Waals surface area contributed by atoms with Crippen molar-refractivity contribution in [3.8, 4) is 0 Å². The number of likely N-dealkylation sites (tertiary alicyclic amines) is 1. The Hall–Kier alpha value is -1.69. The third kappa shape index (κ3) is 3.01. The summed E-state index contributed by atoms with van der Waals surface area (Å²) in [6.07, 6.45) is 3.96. The Balaban J connectivity index is 2.11. The number of nitro groups is 1. The lowest BCUT2D eigenvalue weighted by Crippen LogP contribution is -2.39. The standard InChI is InChI=1S/C13H20N4O2/c1-3-16-9-5-6-11(16)10-15(2)13-12(17(18)19)7-4-8-14-13/h4,7-8,11H,3,5-6,9-10H2,1-2H3. The summed E-state index contributed by atoms with van der Waals surface area (Å²) in [5.74, 6) is 0.454. The number of aromatic nitrogens is 1. The molecule has 0 bridgehead atoms. The molecule has 1 aliphatic heterocycles. The maximum Gasteiger partial charge on any atom is 0.311 e. The molecular formula is C13H20N4O2. The summed E-state index contributed by atoms with van der Waals surface area (Å²) in [4.78, 5) is 19.1. The summed E-state index contributed by atoms with van der Waals surface area (Å²) >= 11 is 0. The van der Waals surface area contributed by atoms with Gasteiger partial charge in [-0.3, -0.25) is 15.0 Å². The van der Waals surface area contributed by atoms with E-state index in [1.807, 2.05) is 11.9 Å². The van der Waals surface area contributed by atoms with E-state index in [0.717, 1.165) is 26.1 Å². The maximum atomic E-state index is 11.0. The first-order chi connectivity index (χ1) is 9.13. The van der Waals surface area contributed by atoms with Crippen LogP contribution in [0.25, 0.3) is 0 Å². The summed E-state index contributed by atoms with van der Waals surface area (Å²) in [5.41, 5.74) is 0.0750. The third-order valence-corrected chi connectivity index (χ3v) is 3.71. The van der Waals surface area contributed by atoms with E-state index in [0.29, 0.717) is 11.9 Å². The average Bonchev–Trinajstić information content (AvgIpc) is 2.85. The zero-order valence-electron chi connectivity index (χ0n) is 11.5. The van der Waals surface area contributed by atoms with Crippen LogP contribution in [0.4, 0.5) is 11.5 Å². The Morgan fingerprint density at radius 3 is 3.11 bits per heavy atom. The molecule has 2 heterocycles. The highest BCUT2D eigenvalue weighted by Crippen LogP contribution is 2.26. The van der Waals surface area contributed by atoms with Gasteiger partial charge in [-0.15, -0.1) is 0 Å². The topological polar surface area (TPSA) is 62.5 Å². The third-order valence-electron chi connectivity index (χ3n) is 3.71. The van der Waals surface area contributed by atoms with Gasteiger partial charge in [-0.1, -0.05) is 6.92 Å². The molecule has 0 saturated carbocycles. The molecule has 1 unspecified atom stereocenters. The van der Waals surface area contributed by atoms with Crippen LogP contribution in [0.15, 0.2) is 18.3 Å². The lowest BCUT2D eigenvalue weighted by molar-refractivity contribution is -0.384. The predicted octanol–water partition coefficient (Wildman–Crippen LogP) is 1.91. The number of hydrogen-bond donors (Lipinski definition) is 0. The van der Waals surface area contributed by atoms with Crippen LogP contribution in [0, 0.1) is 10.1 Å². The molecule has 0 N–H and O–H groups in total. The van der Waals surface area contributed by atoms with Crippen LogP contribution in [-0.4, -0.2) is 47.5 Å². The highest BCUT2D eigenvalue weighted by Gasteiger charge is 2.26. The van der Waals surface area contributed by atoms with Crippen LogP contribution in [0.1, 0.15) is 19.8 Å². The molecule has 19 heavy (non-hydrogen) atoms. The SMILES string of the molecule is CCN1CCCC1CN(C)c1ncccc1[N+](=O)[O-]. The van der Waals surface area contributed by atoms with E-state index in [1.165, 1.54) is 12.5 Å². The largest absolute Gasteiger partial charge is 0.352 e. The summed E-state index contributed by atoms with van der Waals surface area (Å²) < 4.78 is 0. The normalized spacial score (nSPS) is 19.6. The second kappa shape index (κ2) is 5.97. The maximum absolute atomic E-state index is 11.0. The number of hydrogen-bond acceptors (Lipinski definition) is 5. The van der Waals surface area contributed by atoms with E-state index >= 15 is 0 Å². The van der Waals surface area contributed by atoms with Crippen molar-refractivity contribution in [1.82, 2.24) is 9.88 Å². The monoisotopic (exact) mass is 264 g/mol. The summed E-state index contributed by atoms with van der Waals surface area (Å²) in [6, 6.07) is 3.57. The fourth-order valence-electron chi connectivity index (χ4n) is 2.75. The van der Waals surface area contributed by atoms with Gasteiger partial charge in [-0.25, -0.2) is 4.98 Å². The Bertz CT molecular complexity index is 452. The van der Waals surface area contributed by atoms with Crippen molar-refractivity contribution in [2.45, 2.75) is 25.8 Å². The minimum absolute atomic E-state index is 0.0750. The summed E-state index contributed by atoms with van der Waals surface area (Å²) in [6.45, 7) is 5.09. The second-order valence-electron chi connectivity index (χ2n) is 4.91. The molecule has 6 heteroatoms. The molecule has 0 spiro atoms. The quantitative estimate of drug-likeness (QED) is 0.600. The lowest BCUT2D eigenvalue weighted by atomic mass is 10.2. The molecule has 0 radical (unpaired) electrons. The first-order valence-electron chi connectivity index (χ1n) is 6.68. The average molecular weight is 264 g/mol. The Labute approximate surface area is 113 Å². The molecular weight excluding hydrogens is 244 g/mol. The van der Waals surface area contributed by atoms with E-state index in [9.17, 15) is 10.1 Å². The van der Waals surface area contributed by atoms with Gasteiger partial charge in [-0.05, 0) is 32.0 Å². The van der Waals surface area contributed by atoms with Crippen LogP contribution in [0.2, 0.25) is 0 Å². The number of rotatable bonds is 5. The van der Waals surface area contributed by atoms with Gasteiger partial charge in [0.05, 0.1) is 4.92 Å². The molecule has 0 amide bonds. The molecule has 104 valence electrons. The van der Waals surface area contributed by atoms with Gasteiger partial charge in [-0.2, -0.15) is 0 Å². The first kappa shape index (κ1) is 13.7. The lowest BCUT2D eigenvalue weighted by Gasteiger charge is -2.28. The van der Waals surface area contributed by atoms with E-state index in [1.54, 1.807) is 12.3 Å². The Morgan fingerprint density at radius 2 is 2.42 bits per heavy atom. The number of nitrogens with zero attached hydrogens (tertiary/aromatic N) is 4. The van der Waals surface area contributed by atoms with Gasteiger partial charge in [0.25, 0.3) is 0 Å². The zero-order valence-corrected chi connectivity index (χ0v) is 11.5. The van der Waals surface area contributed by atoms with Gasteiger partial charge < -0.3 is 4.90 Å². The number of anilines is 1. The van der Waals surface area contributed by atoms with Crippen LogP contribution >= 0.6 is 0 Å². The molecule has 1 fully saturated rings. The van der Waals surface area contributed by atoms with Gasteiger partial charge in [0.2, 0.25) is 5.82 Å². The minimum atomic E-state index is -0.370. The molecule has 1 aromatic rings. The van der Waals surface area contributed by atoms with Crippen molar-refractivity contribution in [1.29, 1.82) is 0 Å². The van der Waals surface area contributed by atoms with Crippen molar-refractivity contribution < 1.29 is 4.92 Å². The summed E-state index contributed by atoms with van der Waals surface area (Å²) in [7, 11) is 1.88. The molecule has 0 aliphatic carbocycles. The van der Waals surface area contributed by atoms with Crippen LogP contribution < -0.4 is 4.90 Å². The second-order valence-corrected chi connectivity index (χ2v) is 4.91. The van der Waals surface area contributed by atoms with E-state index in [4.69, 9.17) is 0 Å². The zero-order chi connectivity index (χ0) is 13.8. The van der Waals surface area contributed by atoms with E-state index in [-0.39, 0.29) is 10.6 Å². The predicted molar refractivity (Wildman–Crippen MR) is 74.4 cm³/mol. The Morgan fingerprint density at radius 1 is 1.63 bits per heavy atom. The van der Waals surface area contributed by atoms with Crippen LogP contribution in [-0.2, 0) is 0 Å². The highest BCUT2D eigenvalue weighted by atomic mass is 16.6.